The van der Waals surface area contributed by atoms with E-state index in [1.807, 2.05) is 27.7 Å². The Balaban J connectivity index is 2.88. The van der Waals surface area contributed by atoms with Gasteiger partial charge in [0.1, 0.15) is 0 Å². The molecule has 1 aliphatic rings. The second-order valence-corrected chi connectivity index (χ2v) is 4.42. The highest BCUT2D eigenvalue weighted by Gasteiger charge is 2.52. The number of hydrogen-bond donors (Lipinski definition) is 2. The fourth-order valence-corrected chi connectivity index (χ4v) is 1.19. The lowest BCUT2D eigenvalue weighted by molar-refractivity contribution is -0.104. The van der Waals surface area contributed by atoms with Crippen LogP contribution in [0.15, 0.2) is 11.7 Å². The van der Waals surface area contributed by atoms with Gasteiger partial charge in [0, 0.05) is 0 Å². The molecule has 4 nitrogen and oxygen atoms in total. The van der Waals surface area contributed by atoms with Crippen molar-refractivity contribution in [3.05, 3.63) is 11.7 Å². The molecule has 0 aromatic carbocycles. The Labute approximate surface area is 85.1 Å². The summed E-state index contributed by atoms with van der Waals surface area (Å²) in [6.07, 6.45) is 2.81. The van der Waals surface area contributed by atoms with E-state index in [2.05, 4.69) is 0 Å². The topological polar surface area (TPSA) is 70.1 Å². The quantitative estimate of drug-likeness (QED) is 0.453. The van der Waals surface area contributed by atoms with Crippen LogP contribution in [0.1, 0.15) is 27.7 Å². The van der Waals surface area contributed by atoms with Crippen molar-refractivity contribution in [1.29, 1.82) is 0 Å². The monoisotopic (exact) mass is 197 g/mol. The first-order valence-corrected chi connectivity index (χ1v) is 4.66. The summed E-state index contributed by atoms with van der Waals surface area (Å²) in [5.74, 6) is 0. The Morgan fingerprint density at radius 3 is 1.93 bits per heavy atom. The summed E-state index contributed by atoms with van der Waals surface area (Å²) in [7, 11) is -0.463. The molecule has 0 unspecified atom stereocenters. The van der Waals surface area contributed by atoms with Crippen LogP contribution in [0.4, 0.5) is 0 Å². The molecule has 1 saturated heterocycles. The molecule has 1 fully saturated rings. The summed E-state index contributed by atoms with van der Waals surface area (Å²) in [5, 5.41) is 5.41. The van der Waals surface area contributed by atoms with Gasteiger partial charge in [-0.15, -0.1) is 0 Å². The van der Waals surface area contributed by atoms with Crippen LogP contribution in [0.5, 0.6) is 0 Å². The fourth-order valence-electron chi connectivity index (χ4n) is 1.19. The Hall–Kier alpha value is -0.805. The SMILES string of the molecule is CC1(C)OB(C(C=[NH2+])=CN)OC1(C)C. The normalized spacial score (nSPS) is 25.1. The molecule has 0 amide bonds. The van der Waals surface area contributed by atoms with Crippen molar-refractivity contribution in [3.63, 3.8) is 0 Å². The fraction of sp³-hybridized carbons (Fsp3) is 0.667. The van der Waals surface area contributed by atoms with E-state index in [1.54, 1.807) is 0 Å². The number of nitrogens with two attached hydrogens (primary N) is 2. The zero-order valence-electron chi connectivity index (χ0n) is 9.20. The van der Waals surface area contributed by atoms with Gasteiger partial charge in [0.05, 0.1) is 16.7 Å². The first kappa shape index (κ1) is 11.3. The largest absolute Gasteiger partial charge is 0.502 e. The average Bonchev–Trinajstić information content (AvgIpc) is 2.23. The molecule has 0 aliphatic carbocycles. The summed E-state index contributed by atoms with van der Waals surface area (Å²) < 4.78 is 11.5. The maximum absolute atomic E-state index is 5.73. The zero-order chi connectivity index (χ0) is 11.0. The van der Waals surface area contributed by atoms with E-state index in [9.17, 15) is 0 Å². The second kappa shape index (κ2) is 3.40. The molecule has 1 heterocycles. The number of rotatable bonds is 2. The van der Waals surface area contributed by atoms with Gasteiger partial charge in [0.15, 0.2) is 6.21 Å². The highest BCUT2D eigenvalue weighted by Crippen LogP contribution is 2.37. The van der Waals surface area contributed by atoms with Crippen LogP contribution in [0.2, 0.25) is 0 Å². The third-order valence-corrected chi connectivity index (χ3v) is 2.91. The van der Waals surface area contributed by atoms with Crippen LogP contribution < -0.4 is 11.1 Å². The predicted octanol–water partition coefficient (Wildman–Crippen LogP) is -0.710. The highest BCUT2D eigenvalue weighted by atomic mass is 16.7. The predicted molar refractivity (Wildman–Crippen MR) is 56.3 cm³/mol. The molecule has 4 N–H and O–H groups in total. The molecular formula is C9H18BN2O2+. The van der Waals surface area contributed by atoms with Crippen LogP contribution in [0.25, 0.3) is 0 Å². The minimum absolute atomic E-state index is 0.352. The lowest BCUT2D eigenvalue weighted by atomic mass is 9.79. The Kier molecular flexibility index (Phi) is 2.74. The lowest BCUT2D eigenvalue weighted by Gasteiger charge is -2.32. The van der Waals surface area contributed by atoms with E-state index >= 15 is 0 Å². The standard InChI is InChI=1S/C9H17BN2O2/c1-8(2)9(3,4)14-10(13-8)7(5-11)6-12/h5-6,11H,12H2,1-4H3/p+1. The Morgan fingerprint density at radius 2 is 1.64 bits per heavy atom. The van der Waals surface area contributed by atoms with Gasteiger partial charge in [-0.3, -0.25) is 5.41 Å². The zero-order valence-corrected chi connectivity index (χ0v) is 9.20. The van der Waals surface area contributed by atoms with Crippen molar-refractivity contribution in [3.8, 4) is 0 Å². The molecule has 0 aromatic heterocycles. The summed E-state index contributed by atoms with van der Waals surface area (Å²) in [6, 6.07) is 0. The van der Waals surface area contributed by atoms with Gasteiger partial charge in [0.25, 0.3) is 0 Å². The van der Waals surface area contributed by atoms with Crippen LogP contribution in [-0.2, 0) is 9.31 Å². The van der Waals surface area contributed by atoms with Gasteiger partial charge in [-0.25, -0.2) is 0 Å². The van der Waals surface area contributed by atoms with Crippen molar-refractivity contribution < 1.29 is 14.7 Å². The molecule has 0 aromatic rings. The Morgan fingerprint density at radius 1 is 1.21 bits per heavy atom. The second-order valence-electron chi connectivity index (χ2n) is 4.42. The van der Waals surface area contributed by atoms with E-state index in [4.69, 9.17) is 20.5 Å². The van der Waals surface area contributed by atoms with Gasteiger partial charge in [-0.2, -0.15) is 0 Å². The minimum Gasteiger partial charge on any atom is -0.405 e. The number of allylic oxidation sites excluding steroid dienone is 1. The third-order valence-electron chi connectivity index (χ3n) is 2.91. The van der Waals surface area contributed by atoms with Crippen molar-refractivity contribution in [2.24, 2.45) is 5.73 Å². The van der Waals surface area contributed by atoms with Crippen molar-refractivity contribution in [1.82, 2.24) is 0 Å². The molecule has 78 valence electrons. The van der Waals surface area contributed by atoms with Crippen LogP contribution >= 0.6 is 0 Å². The van der Waals surface area contributed by atoms with Gasteiger partial charge in [-0.1, -0.05) is 0 Å². The van der Waals surface area contributed by atoms with E-state index < -0.39 is 7.12 Å². The molecule has 5 heteroatoms. The lowest BCUT2D eigenvalue weighted by Crippen LogP contribution is -2.41. The Bertz CT molecular complexity index is 258. The van der Waals surface area contributed by atoms with E-state index in [0.717, 1.165) is 0 Å². The van der Waals surface area contributed by atoms with E-state index in [1.165, 1.54) is 12.4 Å². The summed E-state index contributed by atoms with van der Waals surface area (Å²) in [6.45, 7) is 7.94. The van der Waals surface area contributed by atoms with E-state index in [0.29, 0.717) is 5.47 Å². The molecule has 0 bridgehead atoms. The third kappa shape index (κ3) is 1.70. The maximum Gasteiger partial charge on any atom is 0.502 e. The van der Waals surface area contributed by atoms with Gasteiger partial charge in [-0.05, 0) is 33.9 Å². The average molecular weight is 197 g/mol. The molecule has 0 atom stereocenters. The van der Waals surface area contributed by atoms with Crippen molar-refractivity contribution in [2.75, 3.05) is 0 Å². The molecule has 0 spiro atoms. The number of hydrogen-bond acceptors (Lipinski definition) is 3. The molecule has 1 aliphatic heterocycles. The summed E-state index contributed by atoms with van der Waals surface area (Å²) >= 11 is 0. The van der Waals surface area contributed by atoms with Gasteiger partial charge < -0.3 is 15.0 Å². The molecule has 1 rings (SSSR count). The van der Waals surface area contributed by atoms with E-state index in [-0.39, 0.29) is 11.2 Å². The first-order chi connectivity index (χ1) is 6.34. The van der Waals surface area contributed by atoms with Crippen molar-refractivity contribution >= 4 is 13.3 Å². The van der Waals surface area contributed by atoms with Crippen LogP contribution in [-0.4, -0.2) is 24.5 Å². The summed E-state index contributed by atoms with van der Waals surface area (Å²) in [5.41, 5.74) is 5.36. The van der Waals surface area contributed by atoms with Crippen molar-refractivity contribution in [2.45, 2.75) is 38.9 Å². The molecular weight excluding hydrogens is 179 g/mol. The first-order valence-electron chi connectivity index (χ1n) is 4.66. The van der Waals surface area contributed by atoms with Crippen LogP contribution in [0, 0.1) is 0 Å². The van der Waals surface area contributed by atoms with Gasteiger partial charge in [0.2, 0.25) is 0 Å². The van der Waals surface area contributed by atoms with Crippen LogP contribution in [0.3, 0.4) is 0 Å². The molecule has 14 heavy (non-hydrogen) atoms. The van der Waals surface area contributed by atoms with Gasteiger partial charge >= 0.3 is 7.12 Å². The molecule has 0 saturated carbocycles. The smallest absolute Gasteiger partial charge is 0.405 e. The minimum atomic E-state index is -0.463. The molecule has 0 radical (unpaired) electrons. The summed E-state index contributed by atoms with van der Waals surface area (Å²) in [4.78, 5) is 0. The maximum atomic E-state index is 5.73. The highest BCUT2D eigenvalue weighted by molar-refractivity contribution is 6.60.